The van der Waals surface area contributed by atoms with Crippen molar-refractivity contribution in [2.75, 3.05) is 41.0 Å². The zero-order chi connectivity index (χ0) is 21.8. The largest absolute Gasteiger partial charge is 0.493 e. The SMILES string of the molecule is CCNC(=NCC(C)Oc1ccccc1OC)NCCc1ccc(OC)c(OC)c1. The third kappa shape index (κ3) is 7.06. The molecular formula is C23H33N3O4. The molecule has 0 aliphatic heterocycles. The van der Waals surface area contributed by atoms with Gasteiger partial charge in [-0.1, -0.05) is 18.2 Å². The summed E-state index contributed by atoms with van der Waals surface area (Å²) in [6, 6.07) is 13.6. The molecule has 7 nitrogen and oxygen atoms in total. The van der Waals surface area contributed by atoms with Gasteiger partial charge in [0.25, 0.3) is 0 Å². The molecule has 0 fully saturated rings. The van der Waals surface area contributed by atoms with E-state index >= 15 is 0 Å². The first-order valence-electron chi connectivity index (χ1n) is 10.1. The van der Waals surface area contributed by atoms with Crippen LogP contribution in [-0.4, -0.2) is 53.0 Å². The van der Waals surface area contributed by atoms with Gasteiger partial charge in [0.05, 0.1) is 27.9 Å². The molecule has 0 aromatic heterocycles. The van der Waals surface area contributed by atoms with E-state index in [1.54, 1.807) is 21.3 Å². The molecule has 30 heavy (non-hydrogen) atoms. The van der Waals surface area contributed by atoms with Gasteiger partial charge in [0.15, 0.2) is 29.0 Å². The molecule has 2 N–H and O–H groups in total. The van der Waals surface area contributed by atoms with Gasteiger partial charge in [0.1, 0.15) is 6.10 Å². The molecule has 1 unspecified atom stereocenters. The van der Waals surface area contributed by atoms with Crippen LogP contribution in [0.2, 0.25) is 0 Å². The lowest BCUT2D eigenvalue weighted by atomic mass is 10.1. The number of aliphatic imine (C=N–C) groups is 1. The maximum atomic E-state index is 5.97. The van der Waals surface area contributed by atoms with Crippen LogP contribution in [0, 0.1) is 0 Å². The predicted molar refractivity (Wildman–Crippen MR) is 120 cm³/mol. The van der Waals surface area contributed by atoms with Gasteiger partial charge in [0.2, 0.25) is 0 Å². The summed E-state index contributed by atoms with van der Waals surface area (Å²) in [4.78, 5) is 4.64. The molecule has 2 rings (SSSR count). The van der Waals surface area contributed by atoms with E-state index in [0.29, 0.717) is 18.0 Å². The summed E-state index contributed by atoms with van der Waals surface area (Å²) in [5, 5.41) is 6.63. The molecule has 0 saturated carbocycles. The monoisotopic (exact) mass is 415 g/mol. The number of benzene rings is 2. The highest BCUT2D eigenvalue weighted by molar-refractivity contribution is 5.79. The summed E-state index contributed by atoms with van der Waals surface area (Å²) in [5.41, 5.74) is 1.16. The van der Waals surface area contributed by atoms with E-state index in [-0.39, 0.29) is 6.10 Å². The highest BCUT2D eigenvalue weighted by atomic mass is 16.5. The van der Waals surface area contributed by atoms with Gasteiger partial charge < -0.3 is 29.6 Å². The number of hydrogen-bond donors (Lipinski definition) is 2. The number of guanidine groups is 1. The third-order valence-corrected chi connectivity index (χ3v) is 4.40. The van der Waals surface area contributed by atoms with Crippen LogP contribution in [0.1, 0.15) is 19.4 Å². The van der Waals surface area contributed by atoms with Crippen LogP contribution < -0.4 is 29.6 Å². The number of rotatable bonds is 11. The average Bonchev–Trinajstić information content (AvgIpc) is 2.77. The van der Waals surface area contributed by atoms with Crippen LogP contribution in [0.3, 0.4) is 0 Å². The highest BCUT2D eigenvalue weighted by Gasteiger charge is 2.09. The minimum atomic E-state index is -0.0948. The number of hydrogen-bond acceptors (Lipinski definition) is 5. The van der Waals surface area contributed by atoms with Crippen LogP contribution in [0.5, 0.6) is 23.0 Å². The van der Waals surface area contributed by atoms with Gasteiger partial charge in [-0.3, -0.25) is 0 Å². The minimum Gasteiger partial charge on any atom is -0.493 e. The standard InChI is InChI=1S/C23H33N3O4/c1-6-24-23(25-14-13-18-11-12-20(28-4)22(15-18)29-5)26-16-17(2)30-21-10-8-7-9-19(21)27-3/h7-12,15,17H,6,13-14,16H2,1-5H3,(H2,24,25,26). The number of methoxy groups -OCH3 is 3. The van der Waals surface area contributed by atoms with Crippen LogP contribution in [0.4, 0.5) is 0 Å². The van der Waals surface area contributed by atoms with Crippen molar-refractivity contribution in [3.63, 3.8) is 0 Å². The van der Waals surface area contributed by atoms with E-state index in [9.17, 15) is 0 Å². The molecule has 0 heterocycles. The van der Waals surface area contributed by atoms with Gasteiger partial charge in [-0.15, -0.1) is 0 Å². The van der Waals surface area contributed by atoms with E-state index in [0.717, 1.165) is 42.5 Å². The van der Waals surface area contributed by atoms with Crippen molar-refractivity contribution in [1.29, 1.82) is 0 Å². The fourth-order valence-electron chi connectivity index (χ4n) is 2.89. The molecule has 0 amide bonds. The predicted octanol–water partition coefficient (Wildman–Crippen LogP) is 3.28. The van der Waals surface area contributed by atoms with E-state index < -0.39 is 0 Å². The van der Waals surface area contributed by atoms with Crippen LogP contribution in [0.15, 0.2) is 47.5 Å². The maximum Gasteiger partial charge on any atom is 0.191 e. The first kappa shape index (κ1) is 23.2. The lowest BCUT2D eigenvalue weighted by Gasteiger charge is -2.17. The van der Waals surface area contributed by atoms with Gasteiger partial charge >= 0.3 is 0 Å². The third-order valence-electron chi connectivity index (χ3n) is 4.40. The fraction of sp³-hybridized carbons (Fsp3) is 0.435. The zero-order valence-corrected chi connectivity index (χ0v) is 18.5. The molecule has 1 atom stereocenters. The molecule has 2 aromatic rings. The number of ether oxygens (including phenoxy) is 4. The van der Waals surface area contributed by atoms with E-state index in [2.05, 4.69) is 15.6 Å². The summed E-state index contributed by atoms with van der Waals surface area (Å²) < 4.78 is 22.0. The summed E-state index contributed by atoms with van der Waals surface area (Å²) in [6.07, 6.45) is 0.737. The minimum absolute atomic E-state index is 0.0948. The Hall–Kier alpha value is -3.09. The van der Waals surface area contributed by atoms with Crippen LogP contribution in [-0.2, 0) is 6.42 Å². The summed E-state index contributed by atoms with van der Waals surface area (Å²) in [6.45, 7) is 6.07. The summed E-state index contributed by atoms with van der Waals surface area (Å²) in [5.74, 6) is 3.65. The summed E-state index contributed by atoms with van der Waals surface area (Å²) in [7, 11) is 4.91. The van der Waals surface area contributed by atoms with Crippen molar-refractivity contribution in [3.8, 4) is 23.0 Å². The topological polar surface area (TPSA) is 73.3 Å². The molecule has 7 heteroatoms. The smallest absolute Gasteiger partial charge is 0.191 e. The Morgan fingerprint density at radius 2 is 1.57 bits per heavy atom. The van der Waals surface area contributed by atoms with Gasteiger partial charge in [-0.05, 0) is 50.1 Å². The Bertz CT molecular complexity index is 811. The van der Waals surface area contributed by atoms with Crippen molar-refractivity contribution >= 4 is 5.96 Å². The van der Waals surface area contributed by atoms with Crippen LogP contribution in [0.25, 0.3) is 0 Å². The molecule has 0 aliphatic rings. The lowest BCUT2D eigenvalue weighted by Crippen LogP contribution is -2.39. The first-order chi connectivity index (χ1) is 14.6. The second kappa shape index (κ2) is 12.5. The van der Waals surface area contributed by atoms with E-state index in [1.165, 1.54) is 0 Å². The highest BCUT2D eigenvalue weighted by Crippen LogP contribution is 2.28. The maximum absolute atomic E-state index is 5.97. The van der Waals surface area contributed by atoms with E-state index in [1.807, 2.05) is 56.3 Å². The summed E-state index contributed by atoms with van der Waals surface area (Å²) >= 11 is 0. The van der Waals surface area contributed by atoms with Crippen molar-refractivity contribution in [2.45, 2.75) is 26.4 Å². The molecule has 0 spiro atoms. The molecule has 0 radical (unpaired) electrons. The molecule has 0 bridgehead atoms. The Labute approximate surface area is 179 Å². The molecule has 0 aliphatic carbocycles. The average molecular weight is 416 g/mol. The van der Waals surface area contributed by atoms with Crippen LogP contribution >= 0.6 is 0 Å². The van der Waals surface area contributed by atoms with Gasteiger partial charge in [-0.2, -0.15) is 0 Å². The number of nitrogens with one attached hydrogen (secondary N) is 2. The fourth-order valence-corrected chi connectivity index (χ4v) is 2.89. The quantitative estimate of drug-likeness (QED) is 0.433. The van der Waals surface area contributed by atoms with Gasteiger partial charge in [0, 0.05) is 13.1 Å². The normalized spacial score (nSPS) is 12.1. The second-order valence-corrected chi connectivity index (χ2v) is 6.67. The first-order valence-corrected chi connectivity index (χ1v) is 10.1. The van der Waals surface area contributed by atoms with Crippen molar-refractivity contribution < 1.29 is 18.9 Å². The molecule has 2 aromatic carbocycles. The van der Waals surface area contributed by atoms with Crippen molar-refractivity contribution in [3.05, 3.63) is 48.0 Å². The molecule has 0 saturated heterocycles. The van der Waals surface area contributed by atoms with Gasteiger partial charge in [-0.25, -0.2) is 4.99 Å². The zero-order valence-electron chi connectivity index (χ0n) is 18.5. The van der Waals surface area contributed by atoms with Crippen molar-refractivity contribution in [2.24, 2.45) is 4.99 Å². The lowest BCUT2D eigenvalue weighted by molar-refractivity contribution is 0.219. The number of nitrogens with zero attached hydrogens (tertiary/aromatic N) is 1. The molecular weight excluding hydrogens is 382 g/mol. The number of para-hydroxylation sites is 2. The second-order valence-electron chi connectivity index (χ2n) is 6.67. The Morgan fingerprint density at radius 1 is 0.900 bits per heavy atom. The van der Waals surface area contributed by atoms with Crippen molar-refractivity contribution in [1.82, 2.24) is 10.6 Å². The molecule has 164 valence electrons. The Balaban J connectivity index is 1.89. The van der Waals surface area contributed by atoms with E-state index in [4.69, 9.17) is 18.9 Å². The Morgan fingerprint density at radius 3 is 2.23 bits per heavy atom. The Kier molecular flexibility index (Phi) is 9.64.